The predicted octanol–water partition coefficient (Wildman–Crippen LogP) is 3.18. The lowest BCUT2D eigenvalue weighted by Gasteiger charge is -2.06. The molecule has 18 heavy (non-hydrogen) atoms. The van der Waals surface area contributed by atoms with Crippen LogP contribution in [0.4, 0.5) is 5.69 Å². The minimum Gasteiger partial charge on any atom is -0.399 e. The van der Waals surface area contributed by atoms with Gasteiger partial charge >= 0.3 is 0 Å². The molecule has 0 fully saturated rings. The largest absolute Gasteiger partial charge is 0.399 e. The van der Waals surface area contributed by atoms with E-state index in [0.29, 0.717) is 17.4 Å². The van der Waals surface area contributed by atoms with Gasteiger partial charge in [0.05, 0.1) is 5.56 Å². The highest BCUT2D eigenvalue weighted by molar-refractivity contribution is 9.10. The molecule has 0 saturated heterocycles. The smallest absolute Gasteiger partial charge is 0.259 e. The first kappa shape index (κ1) is 13.0. The number of nitrogen functional groups attached to an aromatic ring is 1. The second kappa shape index (κ2) is 5.49. The van der Waals surface area contributed by atoms with E-state index >= 15 is 0 Å². The van der Waals surface area contributed by atoms with Gasteiger partial charge in [0.2, 0.25) is 5.82 Å². The minimum absolute atomic E-state index is 0.151. The van der Waals surface area contributed by atoms with Crippen molar-refractivity contribution in [1.29, 1.82) is 0 Å². The van der Waals surface area contributed by atoms with Gasteiger partial charge in [0, 0.05) is 17.3 Å². The van der Waals surface area contributed by atoms with Crippen molar-refractivity contribution in [2.75, 3.05) is 12.8 Å². The molecule has 0 radical (unpaired) electrons. The molecule has 0 aliphatic rings. The van der Waals surface area contributed by atoms with E-state index in [1.165, 1.54) is 0 Å². The summed E-state index contributed by atoms with van der Waals surface area (Å²) in [4.78, 5) is 4.34. The third-order valence-corrected chi connectivity index (χ3v) is 3.30. The van der Waals surface area contributed by atoms with Gasteiger partial charge in [-0.2, -0.15) is 4.98 Å². The van der Waals surface area contributed by atoms with Crippen LogP contribution in [0.1, 0.15) is 25.3 Å². The van der Waals surface area contributed by atoms with E-state index in [0.717, 1.165) is 16.5 Å². The van der Waals surface area contributed by atoms with Crippen LogP contribution in [0.15, 0.2) is 27.2 Å². The third-order valence-electron chi connectivity index (χ3n) is 2.61. The molecule has 0 amide bonds. The van der Waals surface area contributed by atoms with Crippen LogP contribution in [-0.4, -0.2) is 17.3 Å². The van der Waals surface area contributed by atoms with E-state index in [1.54, 1.807) is 19.2 Å². The van der Waals surface area contributed by atoms with E-state index in [1.807, 2.05) is 13.0 Å². The first-order valence-corrected chi connectivity index (χ1v) is 6.36. The lowest BCUT2D eigenvalue weighted by molar-refractivity contribution is 0.0903. The molecule has 1 aromatic heterocycles. The minimum atomic E-state index is -0.151. The molecule has 1 unspecified atom stereocenters. The number of nitrogens with two attached hydrogens (primary N) is 1. The number of hydrogen-bond acceptors (Lipinski definition) is 5. The SMILES string of the molecule is CCC(OC)c1noc(-c2cc(N)ccc2Br)n1. The van der Waals surface area contributed by atoms with Gasteiger partial charge in [-0.25, -0.2) is 0 Å². The molecule has 0 aliphatic carbocycles. The van der Waals surface area contributed by atoms with Crippen molar-refractivity contribution in [1.82, 2.24) is 10.1 Å². The number of halogens is 1. The molecular weight excluding hydrogens is 298 g/mol. The van der Waals surface area contributed by atoms with Gasteiger partial charge in [-0.05, 0) is 40.5 Å². The maximum atomic E-state index is 5.75. The number of methoxy groups -OCH3 is 1. The Bertz CT molecular complexity index is 538. The fraction of sp³-hybridized carbons (Fsp3) is 0.333. The van der Waals surface area contributed by atoms with Crippen LogP contribution in [0, 0.1) is 0 Å². The van der Waals surface area contributed by atoms with Crippen molar-refractivity contribution in [2.24, 2.45) is 0 Å². The lowest BCUT2D eigenvalue weighted by atomic mass is 10.2. The Hall–Kier alpha value is -1.40. The Morgan fingerprint density at radius 2 is 2.28 bits per heavy atom. The summed E-state index contributed by atoms with van der Waals surface area (Å²) in [5, 5.41) is 3.93. The van der Waals surface area contributed by atoms with Gasteiger partial charge in [-0.1, -0.05) is 12.1 Å². The summed E-state index contributed by atoms with van der Waals surface area (Å²) in [6, 6.07) is 5.44. The lowest BCUT2D eigenvalue weighted by Crippen LogP contribution is -2.01. The second-order valence-electron chi connectivity index (χ2n) is 3.83. The van der Waals surface area contributed by atoms with Crippen LogP contribution in [0.25, 0.3) is 11.5 Å². The molecule has 96 valence electrons. The van der Waals surface area contributed by atoms with Crippen molar-refractivity contribution >= 4 is 21.6 Å². The zero-order chi connectivity index (χ0) is 13.1. The van der Waals surface area contributed by atoms with Crippen molar-refractivity contribution in [3.05, 3.63) is 28.5 Å². The summed E-state index contributed by atoms with van der Waals surface area (Å²) in [6.45, 7) is 2.00. The summed E-state index contributed by atoms with van der Waals surface area (Å²) < 4.78 is 11.4. The van der Waals surface area contributed by atoms with Crippen LogP contribution in [0.5, 0.6) is 0 Å². The van der Waals surface area contributed by atoms with Gasteiger partial charge in [0.15, 0.2) is 0 Å². The first-order chi connectivity index (χ1) is 8.65. The molecule has 0 saturated carbocycles. The van der Waals surface area contributed by atoms with E-state index in [4.69, 9.17) is 15.0 Å². The summed E-state index contributed by atoms with van der Waals surface area (Å²) in [5.41, 5.74) is 7.17. The summed E-state index contributed by atoms with van der Waals surface area (Å²) >= 11 is 3.43. The molecular formula is C12H14BrN3O2. The Morgan fingerprint density at radius 1 is 1.50 bits per heavy atom. The molecule has 1 atom stereocenters. The molecule has 2 aromatic rings. The molecule has 0 aliphatic heterocycles. The standard InChI is InChI=1S/C12H14BrN3O2/c1-3-10(17-2)11-15-12(18-16-11)8-6-7(14)4-5-9(8)13/h4-6,10H,3,14H2,1-2H3. The van der Waals surface area contributed by atoms with Gasteiger partial charge in [-0.15, -0.1) is 0 Å². The van der Waals surface area contributed by atoms with Crippen molar-refractivity contribution in [3.63, 3.8) is 0 Å². The average Bonchev–Trinajstić information content (AvgIpc) is 2.83. The fourth-order valence-electron chi connectivity index (χ4n) is 1.64. The second-order valence-corrected chi connectivity index (χ2v) is 4.68. The maximum Gasteiger partial charge on any atom is 0.259 e. The summed E-state index contributed by atoms with van der Waals surface area (Å²) in [6.07, 6.45) is 0.635. The number of benzene rings is 1. The van der Waals surface area contributed by atoms with Crippen molar-refractivity contribution in [3.8, 4) is 11.5 Å². The van der Waals surface area contributed by atoms with Crippen LogP contribution >= 0.6 is 15.9 Å². The van der Waals surface area contributed by atoms with Crippen molar-refractivity contribution in [2.45, 2.75) is 19.4 Å². The van der Waals surface area contributed by atoms with Gasteiger partial charge in [0.25, 0.3) is 5.89 Å². The molecule has 6 heteroatoms. The average molecular weight is 312 g/mol. The number of anilines is 1. The van der Waals surface area contributed by atoms with Crippen LogP contribution in [0.3, 0.4) is 0 Å². The number of rotatable bonds is 4. The molecule has 5 nitrogen and oxygen atoms in total. The first-order valence-electron chi connectivity index (χ1n) is 5.57. The molecule has 2 N–H and O–H groups in total. The van der Waals surface area contributed by atoms with Crippen LogP contribution < -0.4 is 5.73 Å². The Labute approximate surface area is 113 Å². The monoisotopic (exact) mass is 311 g/mol. The normalized spacial score (nSPS) is 12.6. The highest BCUT2D eigenvalue weighted by Gasteiger charge is 2.18. The summed E-state index contributed by atoms with van der Waals surface area (Å²) in [7, 11) is 1.63. The molecule has 1 heterocycles. The maximum absolute atomic E-state index is 5.75. The number of hydrogen-bond donors (Lipinski definition) is 1. The number of aromatic nitrogens is 2. The highest BCUT2D eigenvalue weighted by atomic mass is 79.9. The van der Waals surface area contributed by atoms with Crippen molar-refractivity contribution < 1.29 is 9.26 Å². The Balaban J connectivity index is 2.37. The Morgan fingerprint density at radius 3 is 2.94 bits per heavy atom. The molecule has 2 rings (SSSR count). The Kier molecular flexibility index (Phi) is 3.98. The zero-order valence-corrected chi connectivity index (χ0v) is 11.8. The van der Waals surface area contributed by atoms with Crippen LogP contribution in [0.2, 0.25) is 0 Å². The van der Waals surface area contributed by atoms with E-state index in [9.17, 15) is 0 Å². The predicted molar refractivity (Wildman–Crippen MR) is 71.9 cm³/mol. The van der Waals surface area contributed by atoms with E-state index in [2.05, 4.69) is 26.1 Å². The van der Waals surface area contributed by atoms with Gasteiger partial charge in [-0.3, -0.25) is 0 Å². The number of ether oxygens (including phenoxy) is 1. The molecule has 0 bridgehead atoms. The topological polar surface area (TPSA) is 74.2 Å². The third kappa shape index (κ3) is 2.54. The highest BCUT2D eigenvalue weighted by Crippen LogP contribution is 2.30. The van der Waals surface area contributed by atoms with Gasteiger partial charge < -0.3 is 15.0 Å². The van der Waals surface area contributed by atoms with E-state index in [-0.39, 0.29) is 6.10 Å². The van der Waals surface area contributed by atoms with Crippen LogP contribution in [-0.2, 0) is 4.74 Å². The van der Waals surface area contributed by atoms with Gasteiger partial charge in [0.1, 0.15) is 6.10 Å². The quantitative estimate of drug-likeness (QED) is 0.878. The zero-order valence-electron chi connectivity index (χ0n) is 10.2. The fourth-order valence-corrected chi connectivity index (χ4v) is 2.05. The van der Waals surface area contributed by atoms with E-state index < -0.39 is 0 Å². The summed E-state index contributed by atoms with van der Waals surface area (Å²) in [5.74, 6) is 0.976. The molecule has 0 spiro atoms. The molecule has 1 aromatic carbocycles. The number of nitrogens with zero attached hydrogens (tertiary/aromatic N) is 2.